The first-order valence-electron chi connectivity index (χ1n) is 5.59. The highest BCUT2D eigenvalue weighted by molar-refractivity contribution is 5.47. The summed E-state index contributed by atoms with van der Waals surface area (Å²) >= 11 is 0. The van der Waals surface area contributed by atoms with Crippen molar-refractivity contribution >= 4 is 11.6 Å². The maximum absolute atomic E-state index is 12.5. The highest BCUT2D eigenvalue weighted by Gasteiger charge is 2.31. The highest BCUT2D eigenvalue weighted by Crippen LogP contribution is 2.31. The normalized spacial score (nSPS) is 13.4. The molecule has 18 heavy (non-hydrogen) atoms. The molecule has 0 aliphatic heterocycles. The van der Waals surface area contributed by atoms with Crippen LogP contribution >= 0.6 is 0 Å². The van der Waals surface area contributed by atoms with Crippen LogP contribution in [0.4, 0.5) is 24.8 Å². The van der Waals surface area contributed by atoms with Crippen LogP contribution in [0.2, 0.25) is 0 Å². The van der Waals surface area contributed by atoms with Gasteiger partial charge in [-0.3, -0.25) is 0 Å². The number of rotatable bonds is 5. The van der Waals surface area contributed by atoms with Crippen molar-refractivity contribution in [1.82, 2.24) is 4.98 Å². The SMILES string of the molecule is CCC(O)CCNc1cc(C(F)(F)F)cc(N)n1. The largest absolute Gasteiger partial charge is 0.416 e. The molecule has 1 aromatic rings. The Morgan fingerprint density at radius 3 is 2.67 bits per heavy atom. The standard InChI is InChI=1S/C11H16F3N3O/c1-2-8(18)3-4-16-10-6-7(11(12,13)14)5-9(15)17-10/h5-6,8,18H,2-4H2,1H3,(H3,15,16,17). The number of aliphatic hydroxyl groups excluding tert-OH is 1. The van der Waals surface area contributed by atoms with Crippen molar-refractivity contribution in [3.8, 4) is 0 Å². The topological polar surface area (TPSA) is 71.2 Å². The van der Waals surface area contributed by atoms with Gasteiger partial charge in [-0.1, -0.05) is 6.92 Å². The molecule has 7 heteroatoms. The molecule has 0 aliphatic carbocycles. The number of pyridine rings is 1. The molecule has 1 heterocycles. The van der Waals surface area contributed by atoms with Crippen LogP contribution in [0.3, 0.4) is 0 Å². The number of hydrogen-bond acceptors (Lipinski definition) is 4. The van der Waals surface area contributed by atoms with Crippen LogP contribution in [-0.4, -0.2) is 22.7 Å². The highest BCUT2D eigenvalue weighted by atomic mass is 19.4. The Balaban J connectivity index is 2.69. The fraction of sp³-hybridized carbons (Fsp3) is 0.545. The van der Waals surface area contributed by atoms with Crippen molar-refractivity contribution in [2.45, 2.75) is 32.0 Å². The molecule has 0 aliphatic rings. The van der Waals surface area contributed by atoms with Crippen LogP contribution in [0.5, 0.6) is 0 Å². The van der Waals surface area contributed by atoms with Crippen molar-refractivity contribution in [3.63, 3.8) is 0 Å². The van der Waals surface area contributed by atoms with E-state index in [9.17, 15) is 18.3 Å². The first kappa shape index (κ1) is 14.6. The van der Waals surface area contributed by atoms with E-state index in [0.29, 0.717) is 19.4 Å². The molecule has 1 aromatic heterocycles. The summed E-state index contributed by atoms with van der Waals surface area (Å²) in [5, 5.41) is 12.0. The number of alkyl halides is 3. The zero-order valence-electron chi connectivity index (χ0n) is 9.96. The third-order valence-electron chi connectivity index (χ3n) is 2.43. The van der Waals surface area contributed by atoms with Crippen LogP contribution in [0.15, 0.2) is 12.1 Å². The molecule has 4 N–H and O–H groups in total. The van der Waals surface area contributed by atoms with Crippen molar-refractivity contribution < 1.29 is 18.3 Å². The third kappa shape index (κ3) is 4.40. The van der Waals surface area contributed by atoms with E-state index in [1.807, 2.05) is 6.92 Å². The lowest BCUT2D eigenvalue weighted by molar-refractivity contribution is -0.137. The van der Waals surface area contributed by atoms with Crippen LogP contribution < -0.4 is 11.1 Å². The molecule has 1 unspecified atom stereocenters. The molecule has 1 atom stereocenters. The van der Waals surface area contributed by atoms with Gasteiger partial charge < -0.3 is 16.2 Å². The molecule has 0 spiro atoms. The summed E-state index contributed by atoms with van der Waals surface area (Å²) in [7, 11) is 0. The van der Waals surface area contributed by atoms with Crippen LogP contribution in [-0.2, 0) is 6.18 Å². The lowest BCUT2D eigenvalue weighted by Crippen LogP contribution is -2.14. The lowest BCUT2D eigenvalue weighted by atomic mass is 10.2. The average molecular weight is 263 g/mol. The Kier molecular flexibility index (Phi) is 4.77. The zero-order chi connectivity index (χ0) is 13.8. The first-order chi connectivity index (χ1) is 8.32. The second-order valence-corrected chi connectivity index (χ2v) is 3.94. The van der Waals surface area contributed by atoms with Crippen LogP contribution in [0, 0.1) is 0 Å². The number of halogens is 3. The Morgan fingerprint density at radius 2 is 2.11 bits per heavy atom. The Labute approximate surface area is 103 Å². The van der Waals surface area contributed by atoms with E-state index in [0.717, 1.165) is 12.1 Å². The number of aromatic nitrogens is 1. The molecule has 0 saturated carbocycles. The second kappa shape index (κ2) is 5.90. The number of nitrogens with one attached hydrogen (secondary N) is 1. The average Bonchev–Trinajstić information content (AvgIpc) is 2.27. The van der Waals surface area contributed by atoms with E-state index in [1.165, 1.54) is 0 Å². The molecule has 0 bridgehead atoms. The van der Waals surface area contributed by atoms with Gasteiger partial charge in [0.25, 0.3) is 0 Å². The molecule has 4 nitrogen and oxygen atoms in total. The number of nitrogens with two attached hydrogens (primary N) is 1. The van der Waals surface area contributed by atoms with E-state index in [4.69, 9.17) is 5.73 Å². The van der Waals surface area contributed by atoms with E-state index in [1.54, 1.807) is 0 Å². The fourth-order valence-corrected chi connectivity index (χ4v) is 1.38. The second-order valence-electron chi connectivity index (χ2n) is 3.94. The predicted octanol–water partition coefficient (Wildman–Crippen LogP) is 2.26. The smallest absolute Gasteiger partial charge is 0.393 e. The molecule has 0 radical (unpaired) electrons. The van der Waals surface area contributed by atoms with Gasteiger partial charge in [0.15, 0.2) is 0 Å². The zero-order valence-corrected chi connectivity index (χ0v) is 9.96. The van der Waals surface area contributed by atoms with Crippen molar-refractivity contribution in [2.24, 2.45) is 0 Å². The van der Waals surface area contributed by atoms with E-state index < -0.39 is 17.8 Å². The van der Waals surface area contributed by atoms with Gasteiger partial charge in [0.05, 0.1) is 11.7 Å². The van der Waals surface area contributed by atoms with Gasteiger partial charge in [-0.15, -0.1) is 0 Å². The fourth-order valence-electron chi connectivity index (χ4n) is 1.38. The molecule has 102 valence electrons. The first-order valence-corrected chi connectivity index (χ1v) is 5.59. The van der Waals surface area contributed by atoms with Gasteiger partial charge >= 0.3 is 6.18 Å². The molecule has 0 aromatic carbocycles. The van der Waals surface area contributed by atoms with E-state index in [-0.39, 0.29) is 11.6 Å². The van der Waals surface area contributed by atoms with Gasteiger partial charge in [-0.2, -0.15) is 13.2 Å². The molecule has 0 fully saturated rings. The summed E-state index contributed by atoms with van der Waals surface area (Å²) in [4.78, 5) is 3.76. The van der Waals surface area contributed by atoms with E-state index in [2.05, 4.69) is 10.3 Å². The van der Waals surface area contributed by atoms with Crippen LogP contribution in [0.25, 0.3) is 0 Å². The minimum absolute atomic E-state index is 0.0608. The molecular weight excluding hydrogens is 247 g/mol. The number of hydrogen-bond donors (Lipinski definition) is 3. The van der Waals surface area contributed by atoms with E-state index >= 15 is 0 Å². The summed E-state index contributed by atoms with van der Waals surface area (Å²) in [6.07, 6.45) is -3.88. The summed E-state index contributed by atoms with van der Waals surface area (Å²) in [5.41, 5.74) is 4.47. The Hall–Kier alpha value is -1.50. The van der Waals surface area contributed by atoms with Gasteiger partial charge in [-0.05, 0) is 25.0 Å². The van der Waals surface area contributed by atoms with Gasteiger partial charge in [0.1, 0.15) is 11.6 Å². The predicted molar refractivity (Wildman–Crippen MR) is 63.1 cm³/mol. The molecule has 1 rings (SSSR count). The van der Waals surface area contributed by atoms with Crippen molar-refractivity contribution in [1.29, 1.82) is 0 Å². The van der Waals surface area contributed by atoms with Gasteiger partial charge in [0.2, 0.25) is 0 Å². The Bertz CT molecular complexity index is 396. The Morgan fingerprint density at radius 1 is 1.44 bits per heavy atom. The number of aliphatic hydroxyl groups is 1. The monoisotopic (exact) mass is 263 g/mol. The molecular formula is C11H16F3N3O. The summed E-state index contributed by atoms with van der Waals surface area (Å²) < 4.78 is 37.5. The number of nitrogens with zero attached hydrogens (tertiary/aromatic N) is 1. The van der Waals surface area contributed by atoms with Gasteiger partial charge in [-0.25, -0.2) is 4.98 Å². The summed E-state index contributed by atoms with van der Waals surface area (Å²) in [6.45, 7) is 2.16. The molecule has 0 amide bonds. The van der Waals surface area contributed by atoms with Gasteiger partial charge in [0, 0.05) is 6.54 Å². The maximum atomic E-state index is 12.5. The third-order valence-corrected chi connectivity index (χ3v) is 2.43. The van der Waals surface area contributed by atoms with Crippen molar-refractivity contribution in [3.05, 3.63) is 17.7 Å². The maximum Gasteiger partial charge on any atom is 0.416 e. The van der Waals surface area contributed by atoms with Crippen molar-refractivity contribution in [2.75, 3.05) is 17.6 Å². The summed E-state index contributed by atoms with van der Waals surface area (Å²) in [6, 6.07) is 1.68. The minimum Gasteiger partial charge on any atom is -0.393 e. The quantitative estimate of drug-likeness (QED) is 0.762. The molecule has 0 saturated heterocycles. The lowest BCUT2D eigenvalue weighted by Gasteiger charge is -2.12. The summed E-state index contributed by atoms with van der Waals surface area (Å²) in [5.74, 6) is -0.131. The number of anilines is 2. The minimum atomic E-state index is -4.45. The van der Waals surface area contributed by atoms with Crippen LogP contribution in [0.1, 0.15) is 25.3 Å². The number of nitrogen functional groups attached to an aromatic ring is 1.